The van der Waals surface area contributed by atoms with Gasteiger partial charge in [-0.1, -0.05) is 55.5 Å². The number of amides is 3. The van der Waals surface area contributed by atoms with E-state index in [2.05, 4.69) is 10.6 Å². The van der Waals surface area contributed by atoms with Crippen molar-refractivity contribution in [3.63, 3.8) is 0 Å². The summed E-state index contributed by atoms with van der Waals surface area (Å²) < 4.78 is 67.1. The maximum Gasteiger partial charge on any atom is 0.330 e. The van der Waals surface area contributed by atoms with Crippen molar-refractivity contribution >= 4 is 29.7 Å². The molecule has 4 aromatic carbocycles. The van der Waals surface area contributed by atoms with E-state index in [1.807, 2.05) is 0 Å². The van der Waals surface area contributed by atoms with Gasteiger partial charge in [-0.3, -0.25) is 33.1 Å². The second-order valence-corrected chi connectivity index (χ2v) is 17.7. The minimum Gasteiger partial charge on any atom is -0.480 e. The van der Waals surface area contributed by atoms with E-state index in [9.17, 15) is 53.4 Å². The molecule has 0 aliphatic rings. The lowest BCUT2D eigenvalue weighted by atomic mass is 10.00. The van der Waals surface area contributed by atoms with Crippen LogP contribution >= 0.6 is 0 Å². The Bertz CT molecular complexity index is 3230. The topological polar surface area (TPSA) is 241 Å². The highest BCUT2D eigenvalue weighted by Crippen LogP contribution is 2.25. The molecule has 2 aromatic heterocycles. The highest BCUT2D eigenvalue weighted by molar-refractivity contribution is 5.98. The van der Waals surface area contributed by atoms with Gasteiger partial charge in [0.2, 0.25) is 5.91 Å². The van der Waals surface area contributed by atoms with Gasteiger partial charge < -0.3 is 34.9 Å². The number of carboxylic acid groups (broad SMARTS) is 2. The van der Waals surface area contributed by atoms with Gasteiger partial charge >= 0.3 is 23.3 Å². The number of hydrogen-bond acceptors (Lipinski definition) is 9. The molecule has 6 rings (SSSR count). The van der Waals surface area contributed by atoms with Crippen molar-refractivity contribution in [2.24, 2.45) is 28.2 Å². The Hall–Kier alpha value is -8.69. The van der Waals surface area contributed by atoms with Crippen molar-refractivity contribution in [2.75, 3.05) is 0 Å². The molecule has 0 bridgehead atoms. The van der Waals surface area contributed by atoms with E-state index in [1.54, 1.807) is 20.8 Å². The first-order valence-electron chi connectivity index (χ1n) is 22.9. The third kappa shape index (κ3) is 11.5. The third-order valence-electron chi connectivity index (χ3n) is 12.7. The van der Waals surface area contributed by atoms with Crippen LogP contribution in [0.2, 0.25) is 0 Å². The smallest absolute Gasteiger partial charge is 0.330 e. The number of carbonyl (C=O) groups is 5. The fraction of sp³-hybridized carbons (Fsp3) is 0.288. The lowest BCUT2D eigenvalue weighted by Crippen LogP contribution is -2.43. The molecule has 0 fully saturated rings. The number of aliphatic carboxylic acids is 2. The zero-order chi connectivity index (χ0) is 54.6. The van der Waals surface area contributed by atoms with Crippen LogP contribution in [0.3, 0.4) is 0 Å². The molecule has 0 radical (unpaired) electrons. The van der Waals surface area contributed by atoms with Crippen LogP contribution in [0.1, 0.15) is 74.1 Å². The molecular weight excluding hydrogens is 975 g/mol. The van der Waals surface area contributed by atoms with Crippen LogP contribution in [0, 0.1) is 37.1 Å². The molecule has 2 atom stereocenters. The van der Waals surface area contributed by atoms with Gasteiger partial charge in [0.15, 0.2) is 0 Å². The average molecular weight is 1030 g/mol. The second kappa shape index (κ2) is 22.4. The number of halogens is 4. The molecule has 388 valence electrons. The lowest BCUT2D eigenvalue weighted by Gasteiger charge is -2.24. The summed E-state index contributed by atoms with van der Waals surface area (Å²) in [4.78, 5) is 116. The molecule has 3 amide bonds. The van der Waals surface area contributed by atoms with Gasteiger partial charge in [-0.15, -0.1) is 0 Å². The van der Waals surface area contributed by atoms with Gasteiger partial charge in [0.1, 0.15) is 46.5 Å². The van der Waals surface area contributed by atoms with E-state index in [0.717, 1.165) is 38.3 Å². The van der Waals surface area contributed by atoms with Gasteiger partial charge in [0, 0.05) is 71.9 Å². The Kier molecular flexibility index (Phi) is 16.5. The van der Waals surface area contributed by atoms with Crippen molar-refractivity contribution in [3.05, 3.63) is 183 Å². The van der Waals surface area contributed by atoms with E-state index in [0.29, 0.717) is 40.1 Å². The van der Waals surface area contributed by atoms with Gasteiger partial charge in [-0.25, -0.2) is 36.7 Å². The molecule has 0 saturated carbocycles. The first-order valence-corrected chi connectivity index (χ1v) is 22.9. The summed E-state index contributed by atoms with van der Waals surface area (Å²) in [7, 11) is 5.66. The van der Waals surface area contributed by atoms with Gasteiger partial charge in [0.25, 0.3) is 22.9 Å². The molecule has 0 spiro atoms. The Morgan fingerprint density at radius 3 is 1.16 bits per heavy atom. The molecule has 22 heteroatoms. The monoisotopic (exact) mass is 1030 g/mol. The molecule has 0 aliphatic carbocycles. The number of aromatic nitrogens is 4. The predicted octanol–water partition coefficient (Wildman–Crippen LogP) is 4.17. The highest BCUT2D eigenvalue weighted by Gasteiger charge is 2.29. The van der Waals surface area contributed by atoms with Crippen molar-refractivity contribution in [3.8, 4) is 22.3 Å². The van der Waals surface area contributed by atoms with Crippen LogP contribution in [0.5, 0.6) is 0 Å². The first-order chi connectivity index (χ1) is 34.8. The fourth-order valence-corrected chi connectivity index (χ4v) is 8.42. The van der Waals surface area contributed by atoms with E-state index in [1.165, 1.54) is 85.9 Å². The normalized spacial score (nSPS) is 12.0. The van der Waals surface area contributed by atoms with Crippen LogP contribution in [-0.4, -0.2) is 75.1 Å². The third-order valence-corrected chi connectivity index (χ3v) is 12.7. The summed E-state index contributed by atoms with van der Waals surface area (Å²) in [5.41, 5.74) is -2.00. The molecule has 74 heavy (non-hydrogen) atoms. The molecule has 18 nitrogen and oxygen atoms in total. The average Bonchev–Trinajstić information content (AvgIpc) is 3.34. The van der Waals surface area contributed by atoms with Gasteiger partial charge in [0.05, 0.1) is 11.1 Å². The maximum absolute atomic E-state index is 15.7. The number of hydrogen-bond donors (Lipinski definition) is 4. The number of carbonyl (C=O) groups excluding carboxylic acids is 3. The van der Waals surface area contributed by atoms with Gasteiger partial charge in [-0.2, -0.15) is 0 Å². The molecule has 2 heterocycles. The summed E-state index contributed by atoms with van der Waals surface area (Å²) in [6.07, 6.45) is -0.501. The van der Waals surface area contributed by atoms with Crippen LogP contribution in [0.15, 0.2) is 92.0 Å². The Morgan fingerprint density at radius 1 is 0.541 bits per heavy atom. The minimum atomic E-state index is -1.69. The number of carboxylic acids is 2. The largest absolute Gasteiger partial charge is 0.480 e. The predicted molar refractivity (Wildman–Crippen MR) is 261 cm³/mol. The van der Waals surface area contributed by atoms with E-state index < -0.39 is 112 Å². The first kappa shape index (κ1) is 54.6. The number of nitrogens with one attached hydrogen (secondary N) is 2. The lowest BCUT2D eigenvalue weighted by molar-refractivity contribution is -0.140. The van der Waals surface area contributed by atoms with Crippen molar-refractivity contribution in [1.29, 1.82) is 0 Å². The van der Waals surface area contributed by atoms with E-state index in [4.69, 9.17) is 0 Å². The molecule has 0 unspecified atom stereocenters. The van der Waals surface area contributed by atoms with E-state index in [-0.39, 0.29) is 41.5 Å². The molecule has 0 aliphatic heterocycles. The van der Waals surface area contributed by atoms with E-state index >= 15 is 17.6 Å². The van der Waals surface area contributed by atoms with Crippen molar-refractivity contribution in [1.82, 2.24) is 33.8 Å². The summed E-state index contributed by atoms with van der Waals surface area (Å²) in [5, 5.41) is 24.1. The quantitative estimate of drug-likeness (QED) is 0.0892. The number of benzene rings is 4. The highest BCUT2D eigenvalue weighted by atomic mass is 19.1. The van der Waals surface area contributed by atoms with Gasteiger partial charge in [-0.05, 0) is 77.9 Å². The van der Waals surface area contributed by atoms with Crippen LogP contribution < -0.4 is 33.1 Å². The number of nitrogens with zero attached hydrogens (tertiary/aromatic N) is 5. The standard InChI is InChI=1S/C52H51F4N7O11/c1-8-9-40(64)63(24-30-18-34(53)43(35(54)19-30)45(65)57-38(49(69)70)22-28-10-14-32(15-11-28)41-26(2)59(4)51(73)61(6)47(41)67)25-31-20-36(55)44(37(56)21-31)46(66)58-39(50(71)72)23-29-12-16-33(17-13-29)42-27(3)60(5)52(74)62(7)48(42)68/h10-21,38-39H,8-9,22-25H2,1-7H3,(H,57,65)(H,58,66)(H,69,70)(H,71,72)/t38-,39-/m0/s1. The Morgan fingerprint density at radius 2 is 0.865 bits per heavy atom. The molecule has 6 aromatic rings. The van der Waals surface area contributed by atoms with Crippen LogP contribution in [-0.2, 0) is 68.5 Å². The summed E-state index contributed by atoms with van der Waals surface area (Å²) in [5.74, 6) is -12.2. The van der Waals surface area contributed by atoms with Crippen molar-refractivity contribution < 1.29 is 51.7 Å². The molecular formula is C52H51F4N7O11. The van der Waals surface area contributed by atoms with Crippen LogP contribution in [0.4, 0.5) is 17.6 Å². The SMILES string of the molecule is CCCC(=O)N(Cc1cc(F)c(C(=O)N[C@@H](Cc2ccc(-c3c(C)n(C)c(=O)n(C)c3=O)cc2)C(=O)O)c(F)c1)Cc1cc(F)c(C(=O)N[C@@H](Cc2ccc(-c3c(C)n(C)c(=O)n(C)c3=O)cc2)C(=O)O)c(F)c1. The Balaban J connectivity index is 1.14. The summed E-state index contributed by atoms with van der Waals surface area (Å²) >= 11 is 0. The zero-order valence-electron chi connectivity index (χ0n) is 41.1. The second-order valence-electron chi connectivity index (χ2n) is 17.7. The number of rotatable bonds is 18. The Labute approximate surface area is 418 Å². The molecule has 4 N–H and O–H groups in total. The minimum absolute atomic E-state index is 0.105. The summed E-state index contributed by atoms with van der Waals surface area (Å²) in [6, 6.07) is 11.6. The van der Waals surface area contributed by atoms with Crippen molar-refractivity contribution in [2.45, 2.75) is 71.6 Å². The maximum atomic E-state index is 15.7. The summed E-state index contributed by atoms with van der Waals surface area (Å²) in [6.45, 7) is 3.76. The zero-order valence-corrected chi connectivity index (χ0v) is 41.1. The molecule has 0 saturated heterocycles. The van der Waals surface area contributed by atoms with Crippen LogP contribution in [0.25, 0.3) is 22.3 Å². The fourth-order valence-electron chi connectivity index (χ4n) is 8.42.